The number of imidazole rings is 1. The molecule has 0 aliphatic heterocycles. The largest absolute Gasteiger partial charge is 0.359 e. The second-order valence-electron chi connectivity index (χ2n) is 10.6. The van der Waals surface area contributed by atoms with Gasteiger partial charge in [0.25, 0.3) is 0 Å². The summed E-state index contributed by atoms with van der Waals surface area (Å²) >= 11 is 5.83. The highest BCUT2D eigenvalue weighted by atomic mass is 32.1. The van der Waals surface area contributed by atoms with Crippen molar-refractivity contribution in [3.8, 4) is 6.07 Å². The zero-order valence-electron chi connectivity index (χ0n) is 24.3. The molecule has 4 rings (SSSR count). The summed E-state index contributed by atoms with van der Waals surface area (Å²) in [5.74, 6) is 0.173. The minimum Gasteiger partial charge on any atom is -0.359 e. The minimum atomic E-state index is -0.115. The van der Waals surface area contributed by atoms with Crippen molar-refractivity contribution in [1.82, 2.24) is 25.1 Å². The van der Waals surface area contributed by atoms with Crippen LogP contribution in [0.3, 0.4) is 0 Å². The van der Waals surface area contributed by atoms with Gasteiger partial charge in [-0.15, -0.1) is 6.58 Å². The van der Waals surface area contributed by atoms with E-state index in [0.29, 0.717) is 36.9 Å². The molecule has 0 saturated carbocycles. The molecule has 1 aromatic heterocycles. The smallest absolute Gasteiger partial charge is 0.226 e. The van der Waals surface area contributed by atoms with Crippen molar-refractivity contribution in [3.63, 3.8) is 0 Å². The van der Waals surface area contributed by atoms with Gasteiger partial charge in [-0.3, -0.25) is 4.79 Å². The van der Waals surface area contributed by atoms with Crippen LogP contribution in [0.2, 0.25) is 0 Å². The van der Waals surface area contributed by atoms with Gasteiger partial charge in [0.1, 0.15) is 0 Å². The van der Waals surface area contributed by atoms with E-state index in [4.69, 9.17) is 17.5 Å². The van der Waals surface area contributed by atoms with Crippen LogP contribution in [0.15, 0.2) is 91.9 Å². The molecule has 0 spiro atoms. The third-order valence-electron chi connectivity index (χ3n) is 7.60. The number of nitrogens with zero attached hydrogens (tertiary/aromatic N) is 4. The van der Waals surface area contributed by atoms with E-state index in [-0.39, 0.29) is 24.3 Å². The summed E-state index contributed by atoms with van der Waals surface area (Å²) in [4.78, 5) is 19.9. The molecule has 216 valence electrons. The third-order valence-corrected chi connectivity index (χ3v) is 8.00. The molecular formula is C34H38N6OS. The van der Waals surface area contributed by atoms with Crippen molar-refractivity contribution in [3.05, 3.63) is 114 Å². The molecule has 1 amide bonds. The molecule has 0 bridgehead atoms. The second-order valence-corrected chi connectivity index (χ2v) is 10.9. The monoisotopic (exact) mass is 578 g/mol. The van der Waals surface area contributed by atoms with Gasteiger partial charge < -0.3 is 20.1 Å². The molecule has 0 saturated heterocycles. The summed E-state index contributed by atoms with van der Waals surface area (Å²) in [5, 5.41) is 18.7. The van der Waals surface area contributed by atoms with Gasteiger partial charge in [-0.25, -0.2) is 4.98 Å². The lowest BCUT2D eigenvalue weighted by atomic mass is 9.97. The van der Waals surface area contributed by atoms with Crippen LogP contribution in [0.4, 0.5) is 0 Å². The first-order valence-corrected chi connectivity index (χ1v) is 14.7. The van der Waals surface area contributed by atoms with Gasteiger partial charge in [0.05, 0.1) is 24.4 Å². The molecule has 4 aromatic rings. The molecule has 42 heavy (non-hydrogen) atoms. The minimum absolute atomic E-state index is 0.0584. The zero-order chi connectivity index (χ0) is 29.9. The lowest BCUT2D eigenvalue weighted by Gasteiger charge is -2.33. The van der Waals surface area contributed by atoms with Crippen LogP contribution in [0.25, 0.3) is 10.8 Å². The van der Waals surface area contributed by atoms with Gasteiger partial charge in [0.15, 0.2) is 5.11 Å². The van der Waals surface area contributed by atoms with Crippen LogP contribution >= 0.6 is 12.2 Å². The molecule has 8 heteroatoms. The van der Waals surface area contributed by atoms with Gasteiger partial charge in [-0.2, -0.15) is 5.26 Å². The van der Waals surface area contributed by atoms with Crippen LogP contribution in [0, 0.1) is 17.2 Å². The molecule has 0 radical (unpaired) electrons. The Morgan fingerprint density at radius 1 is 1.17 bits per heavy atom. The van der Waals surface area contributed by atoms with E-state index in [1.54, 1.807) is 30.7 Å². The lowest BCUT2D eigenvalue weighted by Crippen LogP contribution is -2.51. The van der Waals surface area contributed by atoms with Crippen molar-refractivity contribution in [2.24, 2.45) is 5.92 Å². The number of thiocarbonyl (C=S) groups is 1. The van der Waals surface area contributed by atoms with Crippen LogP contribution in [-0.4, -0.2) is 44.6 Å². The topological polar surface area (TPSA) is 86.0 Å². The highest BCUT2D eigenvalue weighted by Crippen LogP contribution is 2.21. The number of hydrogen-bond donors (Lipinski definition) is 2. The Labute approximate surface area is 253 Å². The fourth-order valence-corrected chi connectivity index (χ4v) is 5.18. The van der Waals surface area contributed by atoms with Crippen LogP contribution in [-0.2, 0) is 24.3 Å². The molecule has 2 N–H and O–H groups in total. The van der Waals surface area contributed by atoms with Crippen molar-refractivity contribution in [2.45, 2.75) is 45.8 Å². The number of rotatable bonds is 13. The Morgan fingerprint density at radius 3 is 2.67 bits per heavy atom. The van der Waals surface area contributed by atoms with Gasteiger partial charge >= 0.3 is 0 Å². The number of benzene rings is 3. The zero-order valence-corrected chi connectivity index (χ0v) is 25.1. The number of amides is 1. The van der Waals surface area contributed by atoms with Gasteiger partial charge in [0.2, 0.25) is 5.91 Å². The first-order chi connectivity index (χ1) is 20.4. The average Bonchev–Trinajstić information content (AvgIpc) is 3.44. The molecule has 0 fully saturated rings. The summed E-state index contributed by atoms with van der Waals surface area (Å²) in [6, 6.07) is 24.2. The normalized spacial score (nSPS) is 12.2. The first-order valence-electron chi connectivity index (χ1n) is 14.3. The Bertz CT molecular complexity index is 1550. The number of carbonyl (C=O) groups excluding carboxylic acids is 1. The summed E-state index contributed by atoms with van der Waals surface area (Å²) in [6.07, 6.45) is 6.39. The number of aromatic nitrogens is 2. The first kappa shape index (κ1) is 30.5. The molecular weight excluding hydrogens is 540 g/mol. The van der Waals surface area contributed by atoms with Crippen molar-refractivity contribution in [1.29, 1.82) is 5.26 Å². The highest BCUT2D eigenvalue weighted by molar-refractivity contribution is 7.80. The molecule has 2 atom stereocenters. The summed E-state index contributed by atoms with van der Waals surface area (Å²) in [7, 11) is 0. The number of nitrogens with one attached hydrogen (secondary N) is 2. The molecule has 0 aliphatic rings. The summed E-state index contributed by atoms with van der Waals surface area (Å²) < 4.78 is 1.97. The standard InChI is InChI=1S/C34H38N6OS/c1-4-17-37-34(42)39(22-29-11-8-10-28-9-6-7-12-31(28)29)23-32(25(3)5-2)38-33(41)18-30-20-36-24-40(30)21-27-15-13-26(19-35)14-16-27/h4,6-16,20,24-25,32H,1,5,17-18,21-23H2,2-3H3,(H,37,42)(H,38,41)/t25-,32+/m0/s1. The van der Waals surface area contributed by atoms with Gasteiger partial charge in [-0.05, 0) is 52.2 Å². The van der Waals surface area contributed by atoms with Gasteiger partial charge in [-0.1, -0.05) is 80.9 Å². The summed E-state index contributed by atoms with van der Waals surface area (Å²) in [5.41, 5.74) is 3.66. The van der Waals surface area contributed by atoms with Crippen molar-refractivity contribution < 1.29 is 4.79 Å². The average molecular weight is 579 g/mol. The summed E-state index contributed by atoms with van der Waals surface area (Å²) in [6.45, 7) is 10.4. The van der Waals surface area contributed by atoms with Crippen LogP contribution in [0.5, 0.6) is 0 Å². The van der Waals surface area contributed by atoms with Crippen LogP contribution in [0.1, 0.15) is 42.7 Å². The molecule has 0 aliphatic carbocycles. The number of hydrogen-bond acceptors (Lipinski definition) is 4. The maximum absolute atomic E-state index is 13.4. The van der Waals surface area contributed by atoms with E-state index in [2.05, 4.69) is 83.4 Å². The quantitative estimate of drug-likeness (QED) is 0.159. The Kier molecular flexibility index (Phi) is 10.8. The van der Waals surface area contributed by atoms with Crippen molar-refractivity contribution >= 4 is 34.0 Å². The fourth-order valence-electron chi connectivity index (χ4n) is 4.96. The van der Waals surface area contributed by atoms with E-state index in [0.717, 1.165) is 17.7 Å². The predicted octanol–water partition coefficient (Wildman–Crippen LogP) is 5.59. The SMILES string of the molecule is C=CCNC(=S)N(Cc1cccc2ccccc12)C[C@@H](NC(=O)Cc1cncn1Cc1ccc(C#N)cc1)[C@@H](C)CC. The third kappa shape index (κ3) is 8.05. The van der Waals surface area contributed by atoms with E-state index < -0.39 is 0 Å². The second kappa shape index (κ2) is 14.9. The number of carbonyl (C=O) groups is 1. The molecule has 0 unspecified atom stereocenters. The highest BCUT2D eigenvalue weighted by Gasteiger charge is 2.24. The van der Waals surface area contributed by atoms with Gasteiger partial charge in [0, 0.05) is 44.1 Å². The number of nitriles is 1. The fraction of sp³-hybridized carbons (Fsp3) is 0.294. The van der Waals surface area contributed by atoms with E-state index in [1.807, 2.05) is 22.8 Å². The predicted molar refractivity (Wildman–Crippen MR) is 173 cm³/mol. The van der Waals surface area contributed by atoms with Crippen LogP contribution < -0.4 is 10.6 Å². The Balaban J connectivity index is 1.49. The molecule has 1 heterocycles. The lowest BCUT2D eigenvalue weighted by molar-refractivity contribution is -0.121. The van der Waals surface area contributed by atoms with Crippen molar-refractivity contribution in [2.75, 3.05) is 13.1 Å². The van der Waals surface area contributed by atoms with E-state index in [9.17, 15) is 4.79 Å². The molecule has 3 aromatic carbocycles. The number of fused-ring (bicyclic) bond motifs is 1. The maximum Gasteiger partial charge on any atom is 0.226 e. The van der Waals surface area contributed by atoms with E-state index >= 15 is 0 Å². The molecule has 7 nitrogen and oxygen atoms in total. The Morgan fingerprint density at radius 2 is 1.93 bits per heavy atom. The van der Waals surface area contributed by atoms with E-state index in [1.165, 1.54) is 16.3 Å². The Hall–Kier alpha value is -4.48. The maximum atomic E-state index is 13.4.